The predicted molar refractivity (Wildman–Crippen MR) is 143 cm³/mol. The van der Waals surface area contributed by atoms with Gasteiger partial charge in [-0.05, 0) is 57.5 Å². The Bertz CT molecular complexity index is 1690. The van der Waals surface area contributed by atoms with Crippen LogP contribution in [0.15, 0.2) is 53.9 Å². The fourth-order valence-electron chi connectivity index (χ4n) is 5.08. The van der Waals surface area contributed by atoms with Crippen molar-refractivity contribution in [3.05, 3.63) is 103 Å². The Morgan fingerprint density at radius 2 is 1.85 bits per heavy atom. The van der Waals surface area contributed by atoms with Crippen molar-refractivity contribution in [1.82, 2.24) is 19.6 Å². The number of hydrogen-bond donors (Lipinski definition) is 1. The predicted octanol–water partition coefficient (Wildman–Crippen LogP) is 4.49. The number of aryl methyl sites for hydroxylation is 3. The summed E-state index contributed by atoms with van der Waals surface area (Å²) >= 11 is 0. The summed E-state index contributed by atoms with van der Waals surface area (Å²) in [6.07, 6.45) is 0. The fraction of sp³-hybridized carbons (Fsp3) is 0.250. The maximum atomic E-state index is 11.5. The van der Waals surface area contributed by atoms with E-state index in [9.17, 15) is 15.4 Å². The van der Waals surface area contributed by atoms with Crippen LogP contribution in [0, 0.1) is 49.1 Å². The van der Waals surface area contributed by atoms with E-state index in [4.69, 9.17) is 20.3 Å². The summed E-state index contributed by atoms with van der Waals surface area (Å²) < 4.78 is 14.9. The van der Waals surface area contributed by atoms with Crippen molar-refractivity contribution < 1.29 is 14.4 Å². The molecule has 39 heavy (non-hydrogen) atoms. The van der Waals surface area contributed by atoms with E-state index in [1.165, 1.54) is 0 Å². The van der Waals surface area contributed by atoms with Gasteiger partial charge in [-0.1, -0.05) is 23.8 Å². The number of benzene rings is 2. The first-order chi connectivity index (χ1) is 18.6. The van der Waals surface area contributed by atoms with Crippen LogP contribution in [0.2, 0.25) is 0 Å². The molecule has 11 nitrogen and oxygen atoms in total. The fourth-order valence-corrected chi connectivity index (χ4v) is 5.08. The van der Waals surface area contributed by atoms with Crippen molar-refractivity contribution in [3.8, 4) is 23.4 Å². The van der Waals surface area contributed by atoms with Gasteiger partial charge in [0.25, 0.3) is 0 Å². The Hall–Kier alpha value is -5.11. The maximum Gasteiger partial charge on any atom is 0.312 e. The molecule has 11 heteroatoms. The number of rotatable bonds is 6. The Morgan fingerprint density at radius 1 is 1.13 bits per heavy atom. The molecule has 0 saturated heterocycles. The zero-order chi connectivity index (χ0) is 28.0. The minimum atomic E-state index is -0.544. The average molecular weight is 526 g/mol. The number of nitrogens with zero attached hydrogens (tertiary/aromatic N) is 6. The summed E-state index contributed by atoms with van der Waals surface area (Å²) in [4.78, 5) is 11.1. The van der Waals surface area contributed by atoms with Gasteiger partial charge in [-0.25, -0.2) is 4.68 Å². The van der Waals surface area contributed by atoms with Crippen LogP contribution in [0.1, 0.15) is 45.3 Å². The van der Waals surface area contributed by atoms with Crippen molar-refractivity contribution in [2.75, 3.05) is 7.11 Å². The standard InChI is InChI=1S/C28H27N7O4/c1-15-6-9-21(10-7-15)34-28-24(16(2)32-34)25(22(13-29)27(30)39-28)19-8-11-23(38-5)20(12-19)14-33-18(4)26(35(36)37)17(3)31-33/h6-12,25H,14,30H2,1-5H3/t25-/m1/s1. The number of nitro groups is 1. The molecule has 0 aliphatic carbocycles. The molecule has 5 rings (SSSR count). The van der Waals surface area contributed by atoms with Crippen LogP contribution < -0.4 is 15.2 Å². The number of allylic oxidation sites excluding steroid dienone is 1. The van der Waals surface area contributed by atoms with Gasteiger partial charge < -0.3 is 15.2 Å². The molecule has 0 spiro atoms. The Balaban J connectivity index is 1.65. The number of hydrogen-bond acceptors (Lipinski definition) is 8. The lowest BCUT2D eigenvalue weighted by molar-refractivity contribution is -0.386. The van der Waals surface area contributed by atoms with Crippen molar-refractivity contribution in [1.29, 1.82) is 5.26 Å². The Morgan fingerprint density at radius 3 is 2.46 bits per heavy atom. The first kappa shape index (κ1) is 25.5. The van der Waals surface area contributed by atoms with Crippen molar-refractivity contribution in [2.24, 2.45) is 5.73 Å². The van der Waals surface area contributed by atoms with Crippen LogP contribution >= 0.6 is 0 Å². The van der Waals surface area contributed by atoms with E-state index in [0.29, 0.717) is 28.7 Å². The lowest BCUT2D eigenvalue weighted by Gasteiger charge is -2.25. The second-order valence-corrected chi connectivity index (χ2v) is 9.48. The number of ether oxygens (including phenoxy) is 2. The molecule has 0 amide bonds. The van der Waals surface area contributed by atoms with Gasteiger partial charge in [-0.15, -0.1) is 0 Å². The molecule has 1 aliphatic rings. The largest absolute Gasteiger partial charge is 0.496 e. The quantitative estimate of drug-likeness (QED) is 0.286. The molecule has 1 aliphatic heterocycles. The molecule has 4 aromatic rings. The van der Waals surface area contributed by atoms with Gasteiger partial charge in [0, 0.05) is 5.56 Å². The first-order valence-corrected chi connectivity index (χ1v) is 12.2. The van der Waals surface area contributed by atoms with Gasteiger partial charge in [-0.2, -0.15) is 15.5 Å². The lowest BCUT2D eigenvalue weighted by atomic mass is 9.83. The van der Waals surface area contributed by atoms with Gasteiger partial charge >= 0.3 is 5.69 Å². The molecule has 2 aromatic carbocycles. The molecule has 0 fully saturated rings. The van der Waals surface area contributed by atoms with Crippen LogP contribution in [0.5, 0.6) is 11.6 Å². The zero-order valence-electron chi connectivity index (χ0n) is 22.2. The SMILES string of the molecule is COc1ccc([C@@H]2C(C#N)=C(N)Oc3c2c(C)nn3-c2ccc(C)cc2)cc1Cn1nc(C)c([N+](=O)[O-])c1C. The number of nitrogens with two attached hydrogens (primary N) is 1. The third-order valence-corrected chi connectivity index (χ3v) is 6.99. The van der Waals surface area contributed by atoms with Crippen molar-refractivity contribution >= 4 is 5.69 Å². The summed E-state index contributed by atoms with van der Waals surface area (Å²) in [7, 11) is 1.56. The molecule has 0 unspecified atom stereocenters. The smallest absolute Gasteiger partial charge is 0.312 e. The molecule has 3 heterocycles. The van der Waals surface area contributed by atoms with Crippen LogP contribution in [-0.4, -0.2) is 31.6 Å². The van der Waals surface area contributed by atoms with Gasteiger partial charge in [0.15, 0.2) is 0 Å². The Labute approximate surface area is 224 Å². The Kier molecular flexibility index (Phi) is 6.32. The van der Waals surface area contributed by atoms with E-state index in [-0.39, 0.29) is 23.7 Å². The normalized spacial score (nSPS) is 14.5. The zero-order valence-corrected chi connectivity index (χ0v) is 22.2. The van der Waals surface area contributed by atoms with E-state index in [1.54, 1.807) is 30.3 Å². The molecule has 0 radical (unpaired) electrons. The summed E-state index contributed by atoms with van der Waals surface area (Å²) in [5.41, 5.74) is 12.2. The van der Waals surface area contributed by atoms with Crippen molar-refractivity contribution in [3.63, 3.8) is 0 Å². The van der Waals surface area contributed by atoms with E-state index in [1.807, 2.05) is 56.3 Å². The van der Waals surface area contributed by atoms with Gasteiger partial charge in [-0.3, -0.25) is 14.8 Å². The lowest BCUT2D eigenvalue weighted by Crippen LogP contribution is -2.22. The number of methoxy groups -OCH3 is 1. The molecule has 1 atom stereocenters. The number of fused-ring (bicyclic) bond motifs is 1. The second kappa shape index (κ2) is 9.64. The van der Waals surface area contributed by atoms with Crippen LogP contribution in [0.3, 0.4) is 0 Å². The highest BCUT2D eigenvalue weighted by molar-refractivity contribution is 5.58. The highest BCUT2D eigenvalue weighted by Gasteiger charge is 2.36. The molecule has 0 saturated carbocycles. The monoisotopic (exact) mass is 525 g/mol. The summed E-state index contributed by atoms with van der Waals surface area (Å²) in [5, 5.41) is 30.7. The molecule has 2 aromatic heterocycles. The van der Waals surface area contributed by atoms with Gasteiger partial charge in [0.1, 0.15) is 28.8 Å². The third-order valence-electron chi connectivity index (χ3n) is 6.99. The van der Waals surface area contributed by atoms with E-state index in [0.717, 1.165) is 27.9 Å². The van der Waals surface area contributed by atoms with E-state index in [2.05, 4.69) is 11.2 Å². The average Bonchev–Trinajstić information content (AvgIpc) is 3.38. The van der Waals surface area contributed by atoms with Crippen LogP contribution in [0.25, 0.3) is 5.69 Å². The molecule has 0 bridgehead atoms. The highest BCUT2D eigenvalue weighted by Crippen LogP contribution is 2.45. The maximum absolute atomic E-state index is 11.5. The van der Waals surface area contributed by atoms with E-state index < -0.39 is 10.8 Å². The summed E-state index contributed by atoms with van der Waals surface area (Å²) in [6.45, 7) is 7.39. The third kappa shape index (κ3) is 4.25. The summed E-state index contributed by atoms with van der Waals surface area (Å²) in [5.74, 6) is 0.500. The molecular weight excluding hydrogens is 498 g/mol. The highest BCUT2D eigenvalue weighted by atomic mass is 16.6. The topological polar surface area (TPSA) is 147 Å². The number of nitriles is 1. The first-order valence-electron chi connectivity index (χ1n) is 12.2. The van der Waals surface area contributed by atoms with Crippen LogP contribution in [-0.2, 0) is 6.54 Å². The molecule has 2 N–H and O–H groups in total. The minimum Gasteiger partial charge on any atom is -0.496 e. The van der Waals surface area contributed by atoms with Crippen molar-refractivity contribution in [2.45, 2.75) is 40.2 Å². The molecular formula is C28H27N7O4. The summed E-state index contributed by atoms with van der Waals surface area (Å²) in [6, 6.07) is 15.7. The molecule has 198 valence electrons. The minimum absolute atomic E-state index is 0.00907. The van der Waals surface area contributed by atoms with Gasteiger partial charge in [0.05, 0.1) is 41.4 Å². The van der Waals surface area contributed by atoms with E-state index >= 15 is 0 Å². The van der Waals surface area contributed by atoms with Gasteiger partial charge in [0.2, 0.25) is 11.8 Å². The van der Waals surface area contributed by atoms with Crippen LogP contribution in [0.4, 0.5) is 5.69 Å². The number of aromatic nitrogens is 4. The second-order valence-electron chi connectivity index (χ2n) is 9.48.